The van der Waals surface area contributed by atoms with Crippen LogP contribution in [0.15, 0.2) is 59.7 Å². The molecule has 0 radical (unpaired) electrons. The molecule has 0 aliphatic carbocycles. The summed E-state index contributed by atoms with van der Waals surface area (Å²) in [6, 6.07) is 14.6. The Hall–Kier alpha value is -2.09. The van der Waals surface area contributed by atoms with Crippen LogP contribution in [0.2, 0.25) is 0 Å². The first-order valence-corrected chi connectivity index (χ1v) is 7.66. The highest BCUT2D eigenvalue weighted by molar-refractivity contribution is 6.35. The molecular formula is C15H11ClN2O4. The summed E-state index contributed by atoms with van der Waals surface area (Å²) in [5.41, 5.74) is 5.95. The number of allylic oxidation sites excluding steroid dienone is 2. The Morgan fingerprint density at radius 2 is 1.64 bits per heavy atom. The third-order valence-electron chi connectivity index (χ3n) is 3.36. The van der Waals surface area contributed by atoms with Crippen molar-refractivity contribution in [1.82, 2.24) is 0 Å². The highest BCUT2D eigenvalue weighted by atomic mass is 35.7. The summed E-state index contributed by atoms with van der Waals surface area (Å²) in [5.74, 6) is 0. The SMILES string of the molecule is C1=C2C(=Nc3ccccc32)c2cccc[n+]2C1.[O-][Cl+3]([O-])([O-])[O-]. The van der Waals surface area contributed by atoms with Gasteiger partial charge in [-0.2, -0.15) is 4.57 Å². The maximum atomic E-state index is 8.49. The van der Waals surface area contributed by atoms with Crippen molar-refractivity contribution in [1.29, 1.82) is 0 Å². The van der Waals surface area contributed by atoms with E-state index >= 15 is 0 Å². The Morgan fingerprint density at radius 1 is 0.955 bits per heavy atom. The predicted molar refractivity (Wildman–Crippen MR) is 67.3 cm³/mol. The second kappa shape index (κ2) is 5.60. The molecule has 0 fully saturated rings. The first-order valence-electron chi connectivity index (χ1n) is 6.43. The van der Waals surface area contributed by atoms with E-state index in [0.717, 1.165) is 17.9 Å². The first-order chi connectivity index (χ1) is 10.4. The van der Waals surface area contributed by atoms with Crippen LogP contribution < -0.4 is 23.2 Å². The minimum Gasteiger partial charge on any atom is -0.241 e. The van der Waals surface area contributed by atoms with E-state index in [9.17, 15) is 0 Å². The average Bonchev–Trinajstić information content (AvgIpc) is 2.84. The van der Waals surface area contributed by atoms with Crippen molar-refractivity contribution >= 4 is 17.0 Å². The Balaban J connectivity index is 0.000000254. The molecule has 0 atom stereocenters. The van der Waals surface area contributed by atoms with Gasteiger partial charge in [0, 0.05) is 23.3 Å². The summed E-state index contributed by atoms with van der Waals surface area (Å²) < 4.78 is 36.2. The smallest absolute Gasteiger partial charge is 0.232 e. The highest BCUT2D eigenvalue weighted by Gasteiger charge is 2.30. The molecule has 112 valence electrons. The summed E-state index contributed by atoms with van der Waals surface area (Å²) in [5, 5.41) is 0. The molecule has 4 rings (SSSR count). The zero-order valence-electron chi connectivity index (χ0n) is 11.3. The number of hydrogen-bond donors (Lipinski definition) is 0. The van der Waals surface area contributed by atoms with E-state index in [4.69, 9.17) is 23.6 Å². The molecule has 1 aromatic carbocycles. The van der Waals surface area contributed by atoms with Crippen LogP contribution in [-0.2, 0) is 6.54 Å². The standard InChI is InChI=1S/C15H11N2.ClHO4/c1-2-6-13-11(5-1)12-8-10-17-9-4-3-7-14(17)15(12)16-13;2-1(3,4)5/h1-9H,10H2;(H,2,3,4,5)/q+1;/p-1. The van der Waals surface area contributed by atoms with E-state index in [1.807, 2.05) is 6.07 Å². The molecule has 2 aromatic rings. The number of rotatable bonds is 0. The molecule has 2 aliphatic rings. The van der Waals surface area contributed by atoms with Crippen LogP contribution >= 0.6 is 0 Å². The number of fused-ring (bicyclic) bond motifs is 5. The van der Waals surface area contributed by atoms with E-state index in [-0.39, 0.29) is 0 Å². The normalized spacial score (nSPS) is 14.7. The highest BCUT2D eigenvalue weighted by Crippen LogP contribution is 2.36. The van der Waals surface area contributed by atoms with E-state index in [2.05, 4.69) is 53.2 Å². The largest absolute Gasteiger partial charge is 0.241 e. The fraction of sp³-hybridized carbons (Fsp3) is 0.0667. The second-order valence-corrected chi connectivity index (χ2v) is 5.47. The van der Waals surface area contributed by atoms with Gasteiger partial charge in [0.1, 0.15) is 5.71 Å². The molecule has 0 spiro atoms. The van der Waals surface area contributed by atoms with Gasteiger partial charge >= 0.3 is 0 Å². The molecule has 0 saturated carbocycles. The number of pyridine rings is 1. The van der Waals surface area contributed by atoms with E-state index < -0.39 is 10.2 Å². The zero-order chi connectivity index (χ0) is 15.7. The van der Waals surface area contributed by atoms with Crippen LogP contribution in [0.4, 0.5) is 5.69 Å². The lowest BCUT2D eigenvalue weighted by Crippen LogP contribution is -2.68. The van der Waals surface area contributed by atoms with Crippen molar-refractivity contribution in [3.8, 4) is 0 Å². The summed E-state index contributed by atoms with van der Waals surface area (Å²) >= 11 is 0. The maximum Gasteiger partial charge on any atom is 0.232 e. The lowest BCUT2D eigenvalue weighted by atomic mass is 9.98. The van der Waals surface area contributed by atoms with Gasteiger partial charge in [-0.25, -0.2) is 23.6 Å². The van der Waals surface area contributed by atoms with Crippen LogP contribution in [-0.4, -0.2) is 5.71 Å². The third-order valence-corrected chi connectivity index (χ3v) is 3.36. The number of nitrogens with zero attached hydrogens (tertiary/aromatic N) is 2. The quantitative estimate of drug-likeness (QED) is 0.511. The second-order valence-electron chi connectivity index (χ2n) is 4.71. The van der Waals surface area contributed by atoms with Crippen LogP contribution in [0.5, 0.6) is 0 Å². The molecule has 0 unspecified atom stereocenters. The predicted octanol–water partition coefficient (Wildman–Crippen LogP) is -2.25. The molecule has 6 nitrogen and oxygen atoms in total. The molecule has 0 saturated heterocycles. The lowest BCUT2D eigenvalue weighted by Gasteiger charge is -2.17. The van der Waals surface area contributed by atoms with Gasteiger partial charge in [0.15, 0.2) is 12.7 Å². The summed E-state index contributed by atoms with van der Waals surface area (Å²) in [6.45, 7) is 0.929. The molecule has 0 N–H and O–H groups in total. The minimum atomic E-state index is -4.94. The van der Waals surface area contributed by atoms with Crippen LogP contribution in [0.3, 0.4) is 0 Å². The van der Waals surface area contributed by atoms with E-state index in [1.165, 1.54) is 16.8 Å². The van der Waals surface area contributed by atoms with Gasteiger partial charge in [0.25, 0.3) is 0 Å². The van der Waals surface area contributed by atoms with Gasteiger partial charge in [0.05, 0.1) is 5.69 Å². The Bertz CT molecular complexity index is 775. The van der Waals surface area contributed by atoms with Gasteiger partial charge in [-0.3, -0.25) is 0 Å². The molecular weight excluding hydrogens is 308 g/mol. The maximum absolute atomic E-state index is 8.49. The molecule has 22 heavy (non-hydrogen) atoms. The molecule has 3 heterocycles. The van der Waals surface area contributed by atoms with E-state index in [1.54, 1.807) is 0 Å². The van der Waals surface area contributed by atoms with E-state index in [0.29, 0.717) is 0 Å². The number of aliphatic imine (C=N–C) groups is 1. The molecule has 2 aliphatic heterocycles. The van der Waals surface area contributed by atoms with Crippen molar-refractivity contribution in [2.45, 2.75) is 6.54 Å². The number of aromatic nitrogens is 1. The number of hydrogen-bond acceptors (Lipinski definition) is 5. The van der Waals surface area contributed by atoms with Crippen LogP contribution in [0.25, 0.3) is 5.57 Å². The summed E-state index contributed by atoms with van der Waals surface area (Å²) in [7, 11) is -4.94. The number of halogens is 1. The molecule has 1 aromatic heterocycles. The summed E-state index contributed by atoms with van der Waals surface area (Å²) in [4.78, 5) is 4.74. The fourth-order valence-corrected chi connectivity index (χ4v) is 2.55. The first kappa shape index (κ1) is 14.8. The van der Waals surface area contributed by atoms with Gasteiger partial charge in [-0.1, -0.05) is 18.2 Å². The van der Waals surface area contributed by atoms with Crippen molar-refractivity contribution < 1.29 is 33.4 Å². The average molecular weight is 319 g/mol. The van der Waals surface area contributed by atoms with Crippen molar-refractivity contribution in [3.63, 3.8) is 0 Å². The van der Waals surface area contributed by atoms with Gasteiger partial charge in [-0.15, -0.1) is 10.2 Å². The zero-order valence-corrected chi connectivity index (χ0v) is 12.1. The Morgan fingerprint density at radius 3 is 2.41 bits per heavy atom. The summed E-state index contributed by atoms with van der Waals surface area (Å²) in [6.07, 6.45) is 4.37. The fourth-order valence-electron chi connectivity index (χ4n) is 2.55. The Kier molecular flexibility index (Phi) is 3.78. The van der Waals surface area contributed by atoms with Crippen molar-refractivity contribution in [2.24, 2.45) is 4.99 Å². The monoisotopic (exact) mass is 318 g/mol. The number of para-hydroxylation sites is 1. The number of benzene rings is 1. The van der Waals surface area contributed by atoms with Crippen LogP contribution in [0.1, 0.15) is 11.3 Å². The Labute approximate surface area is 128 Å². The van der Waals surface area contributed by atoms with Crippen molar-refractivity contribution in [2.75, 3.05) is 0 Å². The molecule has 0 amide bonds. The third kappa shape index (κ3) is 3.06. The lowest BCUT2D eigenvalue weighted by molar-refractivity contribution is -2.00. The van der Waals surface area contributed by atoms with Crippen molar-refractivity contribution in [3.05, 3.63) is 66.0 Å². The minimum absolute atomic E-state index is 0.929. The van der Waals surface area contributed by atoms with Crippen LogP contribution in [0, 0.1) is 10.2 Å². The molecule has 7 heteroatoms. The topological polar surface area (TPSA) is 108 Å². The van der Waals surface area contributed by atoms with Gasteiger partial charge in [-0.05, 0) is 18.2 Å². The van der Waals surface area contributed by atoms with Gasteiger partial charge < -0.3 is 0 Å². The van der Waals surface area contributed by atoms with Gasteiger partial charge in [0.2, 0.25) is 5.69 Å². The molecule has 0 bridgehead atoms.